The van der Waals surface area contributed by atoms with Gasteiger partial charge in [-0.1, -0.05) is 24.9 Å². The molecule has 1 heterocycles. The molecule has 1 aromatic rings. The van der Waals surface area contributed by atoms with E-state index in [0.29, 0.717) is 0 Å². The van der Waals surface area contributed by atoms with Crippen molar-refractivity contribution in [1.29, 1.82) is 0 Å². The Morgan fingerprint density at radius 2 is 2.00 bits per heavy atom. The van der Waals surface area contributed by atoms with Crippen molar-refractivity contribution >= 4 is 17.4 Å². The summed E-state index contributed by atoms with van der Waals surface area (Å²) < 4.78 is 0. The second kappa shape index (κ2) is 7.84. The van der Waals surface area contributed by atoms with Gasteiger partial charge < -0.3 is 10.2 Å². The summed E-state index contributed by atoms with van der Waals surface area (Å²) in [6, 6.07) is 2.11. The number of hydrogen-bond acceptors (Lipinski definition) is 3. The molecule has 0 aliphatic heterocycles. The van der Waals surface area contributed by atoms with Crippen molar-refractivity contribution in [2.24, 2.45) is 0 Å². The van der Waals surface area contributed by atoms with Gasteiger partial charge in [0.05, 0.1) is 5.02 Å². The molecule has 0 radical (unpaired) electrons. The summed E-state index contributed by atoms with van der Waals surface area (Å²) in [6.45, 7) is 13.6. The molecule has 0 saturated heterocycles. The summed E-state index contributed by atoms with van der Waals surface area (Å²) in [7, 11) is 0. The number of rotatable bonds is 7. The first-order valence-electron chi connectivity index (χ1n) is 7.51. The van der Waals surface area contributed by atoms with E-state index >= 15 is 0 Å². The van der Waals surface area contributed by atoms with Gasteiger partial charge in [0, 0.05) is 31.4 Å². The average molecular weight is 298 g/mol. The number of nitrogens with one attached hydrogen (secondary N) is 1. The van der Waals surface area contributed by atoms with Gasteiger partial charge in [0.2, 0.25) is 0 Å². The second-order valence-corrected chi connectivity index (χ2v) is 6.58. The summed E-state index contributed by atoms with van der Waals surface area (Å²) in [5, 5.41) is 4.21. The second-order valence-electron chi connectivity index (χ2n) is 6.17. The van der Waals surface area contributed by atoms with E-state index in [0.717, 1.165) is 36.0 Å². The van der Waals surface area contributed by atoms with Crippen LogP contribution in [0.5, 0.6) is 0 Å². The summed E-state index contributed by atoms with van der Waals surface area (Å²) >= 11 is 6.26. The lowest BCUT2D eigenvalue weighted by atomic mass is 10.1. The fourth-order valence-electron chi connectivity index (χ4n) is 1.92. The van der Waals surface area contributed by atoms with Crippen LogP contribution in [-0.4, -0.2) is 23.6 Å². The standard InChI is InChI=1S/C16H28ClN3/c1-6-8-9-20(7-2)15-10-13(14(17)12-18-15)11-19-16(3,4)5/h10,12,19H,6-9,11H2,1-5H3. The molecule has 4 heteroatoms. The molecule has 0 spiro atoms. The zero-order chi connectivity index (χ0) is 15.2. The normalized spacial score (nSPS) is 11.7. The van der Waals surface area contributed by atoms with Crippen molar-refractivity contribution < 1.29 is 0 Å². The molecular weight excluding hydrogens is 270 g/mol. The van der Waals surface area contributed by atoms with E-state index in [-0.39, 0.29) is 5.54 Å². The summed E-state index contributed by atoms with van der Waals surface area (Å²) in [4.78, 5) is 6.78. The van der Waals surface area contributed by atoms with Crippen LogP contribution in [0.25, 0.3) is 0 Å². The van der Waals surface area contributed by atoms with Gasteiger partial charge >= 0.3 is 0 Å². The van der Waals surface area contributed by atoms with Gasteiger partial charge in [0.1, 0.15) is 5.82 Å². The highest BCUT2D eigenvalue weighted by Crippen LogP contribution is 2.21. The predicted molar refractivity (Wildman–Crippen MR) is 88.6 cm³/mol. The molecule has 0 aromatic carbocycles. The van der Waals surface area contributed by atoms with Crippen molar-refractivity contribution in [3.63, 3.8) is 0 Å². The van der Waals surface area contributed by atoms with E-state index in [1.54, 1.807) is 6.20 Å². The van der Waals surface area contributed by atoms with Gasteiger partial charge in [0.15, 0.2) is 0 Å². The van der Waals surface area contributed by atoms with E-state index in [1.807, 2.05) is 0 Å². The summed E-state index contributed by atoms with van der Waals surface area (Å²) in [5.41, 5.74) is 1.20. The maximum Gasteiger partial charge on any atom is 0.128 e. The quantitative estimate of drug-likeness (QED) is 0.815. The van der Waals surface area contributed by atoms with Crippen molar-refractivity contribution in [3.05, 3.63) is 22.8 Å². The zero-order valence-corrected chi connectivity index (χ0v) is 14.2. The topological polar surface area (TPSA) is 28.2 Å². The van der Waals surface area contributed by atoms with Gasteiger partial charge in [-0.25, -0.2) is 4.98 Å². The summed E-state index contributed by atoms with van der Waals surface area (Å²) in [6.07, 6.45) is 4.15. The molecule has 0 unspecified atom stereocenters. The molecule has 114 valence electrons. The minimum absolute atomic E-state index is 0.0828. The Kier molecular flexibility index (Phi) is 6.77. The smallest absolute Gasteiger partial charge is 0.128 e. The van der Waals surface area contributed by atoms with Crippen molar-refractivity contribution in [1.82, 2.24) is 10.3 Å². The van der Waals surface area contributed by atoms with Gasteiger partial charge in [-0.3, -0.25) is 0 Å². The lowest BCUT2D eigenvalue weighted by Gasteiger charge is -2.24. The minimum Gasteiger partial charge on any atom is -0.357 e. The monoisotopic (exact) mass is 297 g/mol. The highest BCUT2D eigenvalue weighted by Gasteiger charge is 2.12. The number of nitrogens with zero attached hydrogens (tertiary/aromatic N) is 2. The van der Waals surface area contributed by atoms with Crippen LogP contribution >= 0.6 is 11.6 Å². The minimum atomic E-state index is 0.0828. The zero-order valence-electron chi connectivity index (χ0n) is 13.5. The molecule has 20 heavy (non-hydrogen) atoms. The van der Waals surface area contributed by atoms with Gasteiger partial charge in [-0.15, -0.1) is 0 Å². The number of hydrogen-bond donors (Lipinski definition) is 1. The largest absolute Gasteiger partial charge is 0.357 e. The van der Waals surface area contributed by atoms with Crippen LogP contribution in [0.4, 0.5) is 5.82 Å². The van der Waals surface area contributed by atoms with Crippen LogP contribution in [-0.2, 0) is 6.54 Å². The molecule has 0 amide bonds. The van der Waals surface area contributed by atoms with E-state index in [9.17, 15) is 0 Å². The lowest BCUT2D eigenvalue weighted by molar-refractivity contribution is 0.424. The fourth-order valence-corrected chi connectivity index (χ4v) is 2.09. The molecule has 0 saturated carbocycles. The molecule has 0 fully saturated rings. The van der Waals surface area contributed by atoms with E-state index < -0.39 is 0 Å². The SMILES string of the molecule is CCCCN(CC)c1cc(CNC(C)(C)C)c(Cl)cn1. The first kappa shape index (κ1) is 17.3. The Hall–Kier alpha value is -0.800. The molecule has 1 rings (SSSR count). The molecule has 0 atom stereocenters. The maximum absolute atomic E-state index is 6.26. The Bertz CT molecular complexity index is 413. The van der Waals surface area contributed by atoms with Crippen molar-refractivity contribution in [3.8, 4) is 0 Å². The molecule has 0 aliphatic rings. The van der Waals surface area contributed by atoms with Crippen LogP contribution in [0.1, 0.15) is 53.0 Å². The predicted octanol–water partition coefficient (Wildman–Crippen LogP) is 4.25. The fraction of sp³-hybridized carbons (Fsp3) is 0.688. The average Bonchev–Trinajstić information content (AvgIpc) is 2.38. The van der Waals surface area contributed by atoms with Crippen molar-refractivity contribution in [2.45, 2.75) is 59.5 Å². The third-order valence-electron chi connectivity index (χ3n) is 3.22. The van der Waals surface area contributed by atoms with Crippen LogP contribution in [0.3, 0.4) is 0 Å². The number of aromatic nitrogens is 1. The Morgan fingerprint density at radius 1 is 1.30 bits per heavy atom. The van der Waals surface area contributed by atoms with Crippen LogP contribution in [0.2, 0.25) is 5.02 Å². The number of halogens is 1. The number of unbranched alkanes of at least 4 members (excludes halogenated alkanes) is 1. The Balaban J connectivity index is 2.83. The van der Waals surface area contributed by atoms with Crippen molar-refractivity contribution in [2.75, 3.05) is 18.0 Å². The summed E-state index contributed by atoms with van der Waals surface area (Å²) in [5.74, 6) is 1.02. The third-order valence-corrected chi connectivity index (χ3v) is 3.56. The molecule has 1 aromatic heterocycles. The van der Waals surface area contributed by atoms with E-state index in [4.69, 9.17) is 11.6 Å². The number of anilines is 1. The molecule has 0 aliphatic carbocycles. The van der Waals surface area contributed by atoms with Crippen LogP contribution in [0, 0.1) is 0 Å². The van der Waals surface area contributed by atoms with Gasteiger partial charge in [-0.2, -0.15) is 0 Å². The Morgan fingerprint density at radius 3 is 2.55 bits per heavy atom. The van der Waals surface area contributed by atoms with Crippen LogP contribution in [0.15, 0.2) is 12.3 Å². The van der Waals surface area contributed by atoms with Gasteiger partial charge in [-0.05, 0) is 45.7 Å². The molecular formula is C16H28ClN3. The first-order valence-corrected chi connectivity index (χ1v) is 7.89. The molecule has 1 N–H and O–H groups in total. The molecule has 3 nitrogen and oxygen atoms in total. The highest BCUT2D eigenvalue weighted by molar-refractivity contribution is 6.31. The highest BCUT2D eigenvalue weighted by atomic mass is 35.5. The third kappa shape index (κ3) is 5.68. The lowest BCUT2D eigenvalue weighted by Crippen LogP contribution is -2.35. The van der Waals surface area contributed by atoms with E-state index in [1.165, 1.54) is 12.8 Å². The Labute approximate surface area is 128 Å². The maximum atomic E-state index is 6.26. The number of pyridine rings is 1. The van der Waals surface area contributed by atoms with Gasteiger partial charge in [0.25, 0.3) is 0 Å². The van der Waals surface area contributed by atoms with Crippen LogP contribution < -0.4 is 10.2 Å². The molecule has 0 bridgehead atoms. The first-order chi connectivity index (χ1) is 9.37. The van der Waals surface area contributed by atoms with E-state index in [2.05, 4.69) is 55.9 Å².